The van der Waals surface area contributed by atoms with Gasteiger partial charge in [-0.05, 0) is 31.7 Å². The maximum Gasteiger partial charge on any atom is 0.0829 e. The molecular formula is C13H17IO. The largest absolute Gasteiger partial charge is 0.370 e. The first-order chi connectivity index (χ1) is 7.29. The Kier molecular flexibility index (Phi) is 4.03. The lowest BCUT2D eigenvalue weighted by atomic mass is 9.98. The molecule has 2 heteroatoms. The monoisotopic (exact) mass is 316 g/mol. The van der Waals surface area contributed by atoms with Gasteiger partial charge in [0.15, 0.2) is 0 Å². The smallest absolute Gasteiger partial charge is 0.0829 e. The van der Waals surface area contributed by atoms with Gasteiger partial charge >= 0.3 is 0 Å². The van der Waals surface area contributed by atoms with Gasteiger partial charge in [-0.1, -0.05) is 52.4 Å². The van der Waals surface area contributed by atoms with Gasteiger partial charge in [0.05, 0.1) is 12.2 Å². The second kappa shape index (κ2) is 5.30. The van der Waals surface area contributed by atoms with E-state index in [4.69, 9.17) is 4.74 Å². The van der Waals surface area contributed by atoms with E-state index in [-0.39, 0.29) is 0 Å². The van der Waals surface area contributed by atoms with E-state index < -0.39 is 0 Å². The fourth-order valence-electron chi connectivity index (χ4n) is 2.04. The average Bonchev–Trinajstić information content (AvgIpc) is 2.30. The zero-order valence-electron chi connectivity index (χ0n) is 9.08. The predicted octanol–water partition coefficient (Wildman–Crippen LogP) is 4.04. The number of rotatable bonds is 2. The lowest BCUT2D eigenvalue weighted by Gasteiger charge is -2.29. The number of alkyl halides is 1. The Morgan fingerprint density at radius 2 is 2.00 bits per heavy atom. The Morgan fingerprint density at radius 3 is 2.67 bits per heavy atom. The molecule has 0 spiro atoms. The van der Waals surface area contributed by atoms with Crippen LogP contribution in [0, 0.1) is 6.92 Å². The van der Waals surface area contributed by atoms with E-state index >= 15 is 0 Å². The third-order valence-electron chi connectivity index (χ3n) is 2.97. The van der Waals surface area contributed by atoms with Crippen molar-refractivity contribution in [2.75, 3.05) is 4.43 Å². The first-order valence-electron chi connectivity index (χ1n) is 5.57. The van der Waals surface area contributed by atoms with Crippen molar-refractivity contribution in [2.24, 2.45) is 0 Å². The van der Waals surface area contributed by atoms with Crippen molar-refractivity contribution in [3.63, 3.8) is 0 Å². The number of hydrogen-bond donors (Lipinski definition) is 0. The molecule has 1 nitrogen and oxygen atoms in total. The zero-order valence-corrected chi connectivity index (χ0v) is 11.2. The molecule has 1 fully saturated rings. The molecule has 1 heterocycles. The second-order valence-electron chi connectivity index (χ2n) is 4.24. The highest BCUT2D eigenvalue weighted by molar-refractivity contribution is 14.1. The Morgan fingerprint density at radius 1 is 1.27 bits per heavy atom. The summed E-state index contributed by atoms with van der Waals surface area (Å²) in [6, 6.07) is 8.75. The van der Waals surface area contributed by atoms with Crippen molar-refractivity contribution in [3.05, 3.63) is 35.4 Å². The summed E-state index contributed by atoms with van der Waals surface area (Å²) in [6.07, 6.45) is 4.50. The van der Waals surface area contributed by atoms with Gasteiger partial charge < -0.3 is 4.74 Å². The lowest BCUT2D eigenvalue weighted by Crippen LogP contribution is -2.23. The first-order valence-corrected chi connectivity index (χ1v) is 7.10. The number of ether oxygens (including phenoxy) is 1. The molecule has 0 aliphatic carbocycles. The summed E-state index contributed by atoms with van der Waals surface area (Å²) in [6.45, 7) is 2.12. The van der Waals surface area contributed by atoms with Crippen LogP contribution < -0.4 is 0 Å². The molecule has 0 radical (unpaired) electrons. The standard InChI is InChI=1S/C13H17IO/c1-10-5-7-11(8-6-10)13-4-2-3-12(9-14)15-13/h5-8,12-13H,2-4,9H2,1H3/t12-,13?/m0/s1. The molecule has 0 aromatic heterocycles. The van der Waals surface area contributed by atoms with Crippen LogP contribution in [0.15, 0.2) is 24.3 Å². The maximum absolute atomic E-state index is 6.05. The van der Waals surface area contributed by atoms with Gasteiger partial charge in [-0.25, -0.2) is 0 Å². The predicted molar refractivity (Wildman–Crippen MR) is 71.5 cm³/mol. The van der Waals surface area contributed by atoms with Crippen LogP contribution in [-0.2, 0) is 4.74 Å². The molecule has 0 saturated carbocycles. The fourth-order valence-corrected chi connectivity index (χ4v) is 2.69. The van der Waals surface area contributed by atoms with Crippen LogP contribution in [0.5, 0.6) is 0 Å². The first kappa shape index (κ1) is 11.4. The van der Waals surface area contributed by atoms with Crippen LogP contribution >= 0.6 is 22.6 Å². The van der Waals surface area contributed by atoms with E-state index in [0.29, 0.717) is 12.2 Å². The quantitative estimate of drug-likeness (QED) is 0.591. The van der Waals surface area contributed by atoms with E-state index in [9.17, 15) is 0 Å². The van der Waals surface area contributed by atoms with Gasteiger partial charge in [0, 0.05) is 4.43 Å². The third kappa shape index (κ3) is 2.94. The second-order valence-corrected chi connectivity index (χ2v) is 5.12. The summed E-state index contributed by atoms with van der Waals surface area (Å²) in [5, 5.41) is 0. The molecule has 0 bridgehead atoms. The van der Waals surface area contributed by atoms with Crippen molar-refractivity contribution in [3.8, 4) is 0 Å². The number of aryl methyl sites for hydroxylation is 1. The molecule has 1 aromatic carbocycles. The topological polar surface area (TPSA) is 9.23 Å². The Balaban J connectivity index is 2.06. The van der Waals surface area contributed by atoms with Crippen molar-refractivity contribution >= 4 is 22.6 Å². The Bertz CT molecular complexity index is 307. The van der Waals surface area contributed by atoms with Crippen molar-refractivity contribution in [2.45, 2.75) is 38.4 Å². The average molecular weight is 316 g/mol. The minimum atomic E-state index is 0.333. The summed E-state index contributed by atoms with van der Waals surface area (Å²) < 4.78 is 7.17. The molecule has 1 unspecified atom stereocenters. The molecule has 1 aliphatic heterocycles. The van der Waals surface area contributed by atoms with Crippen molar-refractivity contribution < 1.29 is 4.74 Å². The van der Waals surface area contributed by atoms with Gasteiger partial charge in [0.2, 0.25) is 0 Å². The van der Waals surface area contributed by atoms with Crippen LogP contribution in [0.3, 0.4) is 0 Å². The van der Waals surface area contributed by atoms with Crippen molar-refractivity contribution in [1.82, 2.24) is 0 Å². The fraction of sp³-hybridized carbons (Fsp3) is 0.538. The van der Waals surface area contributed by atoms with Gasteiger partial charge in [-0.3, -0.25) is 0 Å². The third-order valence-corrected chi connectivity index (χ3v) is 3.95. The van der Waals surface area contributed by atoms with Gasteiger partial charge in [-0.2, -0.15) is 0 Å². The molecule has 1 aliphatic rings. The zero-order chi connectivity index (χ0) is 10.7. The van der Waals surface area contributed by atoms with E-state index in [1.165, 1.54) is 30.4 Å². The van der Waals surface area contributed by atoms with Crippen LogP contribution in [0.4, 0.5) is 0 Å². The number of hydrogen-bond acceptors (Lipinski definition) is 1. The Hall–Kier alpha value is -0.0900. The van der Waals surface area contributed by atoms with E-state index in [1.807, 2.05) is 0 Å². The molecule has 1 aromatic rings. The molecule has 0 amide bonds. The normalized spacial score (nSPS) is 26.5. The molecule has 1 saturated heterocycles. The molecular weight excluding hydrogens is 299 g/mol. The van der Waals surface area contributed by atoms with Crippen LogP contribution in [0.2, 0.25) is 0 Å². The molecule has 2 rings (SSSR count). The summed E-state index contributed by atoms with van der Waals surface area (Å²) in [7, 11) is 0. The highest BCUT2D eigenvalue weighted by Crippen LogP contribution is 2.31. The summed E-state index contributed by atoms with van der Waals surface area (Å²) in [5.41, 5.74) is 2.66. The van der Waals surface area contributed by atoms with Crippen LogP contribution in [-0.4, -0.2) is 10.5 Å². The lowest BCUT2D eigenvalue weighted by molar-refractivity contribution is -0.0375. The van der Waals surface area contributed by atoms with E-state index in [1.54, 1.807) is 0 Å². The number of halogens is 1. The summed E-state index contributed by atoms with van der Waals surface area (Å²) in [4.78, 5) is 0. The molecule has 82 valence electrons. The minimum Gasteiger partial charge on any atom is -0.370 e. The van der Waals surface area contributed by atoms with Gasteiger partial charge in [0.25, 0.3) is 0 Å². The molecule has 2 atom stereocenters. The van der Waals surface area contributed by atoms with Gasteiger partial charge in [-0.15, -0.1) is 0 Å². The van der Waals surface area contributed by atoms with E-state index in [0.717, 1.165) is 4.43 Å². The maximum atomic E-state index is 6.05. The minimum absolute atomic E-state index is 0.333. The van der Waals surface area contributed by atoms with Crippen LogP contribution in [0.1, 0.15) is 36.5 Å². The molecule has 0 N–H and O–H groups in total. The molecule has 15 heavy (non-hydrogen) atoms. The SMILES string of the molecule is Cc1ccc(C2CCC[C@@H](CI)O2)cc1. The summed E-state index contributed by atoms with van der Waals surface area (Å²) in [5.74, 6) is 0. The number of benzene rings is 1. The Labute approximate surface area is 105 Å². The van der Waals surface area contributed by atoms with E-state index in [2.05, 4.69) is 53.8 Å². The summed E-state index contributed by atoms with van der Waals surface area (Å²) >= 11 is 2.42. The van der Waals surface area contributed by atoms with Crippen LogP contribution in [0.25, 0.3) is 0 Å². The van der Waals surface area contributed by atoms with Gasteiger partial charge in [0.1, 0.15) is 0 Å². The highest BCUT2D eigenvalue weighted by atomic mass is 127. The highest BCUT2D eigenvalue weighted by Gasteiger charge is 2.22. The van der Waals surface area contributed by atoms with Crippen molar-refractivity contribution in [1.29, 1.82) is 0 Å².